The Morgan fingerprint density at radius 1 is 0.803 bits per heavy atom. The monoisotopic (exact) mass is 1000 g/mol. The topological polar surface area (TPSA) is 152 Å². The van der Waals surface area contributed by atoms with Gasteiger partial charge in [-0.15, -0.1) is 0 Å². The number of carbonyl (C=O) groups excluding carboxylic acids is 2. The van der Waals surface area contributed by atoms with E-state index in [4.69, 9.17) is 14.2 Å². The number of ether oxygens (including phenoxy) is 3. The quantitative estimate of drug-likeness (QED) is 0.0599. The summed E-state index contributed by atoms with van der Waals surface area (Å²) >= 11 is 0. The zero-order valence-corrected chi connectivity index (χ0v) is 46.1. The van der Waals surface area contributed by atoms with Crippen LogP contribution < -0.4 is 20.8 Å². The summed E-state index contributed by atoms with van der Waals surface area (Å²) in [5.41, 5.74) is -2.17. The highest BCUT2D eigenvalue weighted by Gasteiger charge is 2.50. The Morgan fingerprint density at radius 3 is 1.92 bits per heavy atom. The third-order valence-electron chi connectivity index (χ3n) is 15.7. The first-order valence-corrected chi connectivity index (χ1v) is 28.6. The fraction of sp³-hybridized carbons (Fsp3) is 0.655. The number of aliphatic hydroxyl groups is 4. The molecule has 12 nitrogen and oxygen atoms in total. The molecule has 0 bridgehead atoms. The van der Waals surface area contributed by atoms with Crippen molar-refractivity contribution in [3.8, 4) is 0 Å². The molecule has 1 amide bonds. The number of nitrogens with zero attached hydrogens (tertiary/aromatic N) is 3. The molecule has 5 rings (SSSR count). The van der Waals surface area contributed by atoms with Crippen LogP contribution in [0, 0.1) is 17.8 Å². The standard InChI is InChI=1S/C58H91N3O9P/c1-13-50-58(67,14-2)53(64)44(7)61(39-40(3)38-57(8,66)54(41(4)36-42(5)55(65)69-50)70-56-52(63)49(60(11)12)37-43(6)68-56)51(62)30-24-16-15-17-25-35-71(46-26-20-18-21-27-46,47-28-22-19-23-29-47)48-33-31-45(32-34-48)59(9)10/h18-23,26-29,31-34,40-44,49-50,52-54,56,63-64,66-67H,13-17,24-25,30,35-39H2,1-12H3/q+1/t40-,41+,42-,43-,44-,49+,50-,52-,53-,54-,56+,57-,58?/m1/s1. The van der Waals surface area contributed by atoms with Crippen molar-refractivity contribution in [1.29, 1.82) is 0 Å². The largest absolute Gasteiger partial charge is 0.459 e. The van der Waals surface area contributed by atoms with Crippen molar-refractivity contribution in [2.45, 2.75) is 186 Å². The van der Waals surface area contributed by atoms with Gasteiger partial charge in [0.05, 0.1) is 35.9 Å². The fourth-order valence-corrected chi connectivity index (χ4v) is 16.1. The second kappa shape index (κ2) is 26.2. The molecule has 0 radical (unpaired) electrons. The lowest BCUT2D eigenvalue weighted by molar-refractivity contribution is -0.295. The van der Waals surface area contributed by atoms with E-state index < -0.39 is 73.0 Å². The minimum Gasteiger partial charge on any atom is -0.459 e. The van der Waals surface area contributed by atoms with Gasteiger partial charge in [-0.3, -0.25) is 9.59 Å². The zero-order chi connectivity index (χ0) is 52.3. The van der Waals surface area contributed by atoms with Gasteiger partial charge in [0.15, 0.2) is 6.29 Å². The highest BCUT2D eigenvalue weighted by atomic mass is 31.2. The Kier molecular flexibility index (Phi) is 21.5. The zero-order valence-electron chi connectivity index (χ0n) is 45.2. The van der Waals surface area contributed by atoms with Crippen LogP contribution in [0.15, 0.2) is 84.9 Å². The van der Waals surface area contributed by atoms with E-state index in [9.17, 15) is 30.0 Å². The average Bonchev–Trinajstić information content (AvgIpc) is 3.34. The Morgan fingerprint density at radius 2 is 1.37 bits per heavy atom. The van der Waals surface area contributed by atoms with Gasteiger partial charge in [0.2, 0.25) is 5.91 Å². The van der Waals surface area contributed by atoms with Gasteiger partial charge in [-0.2, -0.15) is 0 Å². The SMILES string of the molecule is CC[C@H]1OC(=O)[C@H](C)C[C@H](C)[C@@H](O[C@@H]2O[C@H](C)C[C@H](N(C)C)[C@H]2O)[C@](C)(O)C[C@@H](C)CN(C(=O)CCCCCCC[P+](c2ccccc2)(c2ccccc2)c2ccc(N(C)C)cc2)[C@H](C)[C@@H](O)C1(O)CC. The first-order chi connectivity index (χ1) is 33.6. The van der Waals surface area contributed by atoms with Gasteiger partial charge in [0.25, 0.3) is 0 Å². The van der Waals surface area contributed by atoms with Crippen LogP contribution in [0.2, 0.25) is 0 Å². The van der Waals surface area contributed by atoms with Gasteiger partial charge in [-0.05, 0) is 147 Å². The van der Waals surface area contributed by atoms with Crippen LogP contribution in [-0.2, 0) is 23.8 Å². The van der Waals surface area contributed by atoms with Crippen molar-refractivity contribution in [3.63, 3.8) is 0 Å². The second-order valence-corrected chi connectivity index (χ2v) is 25.6. The van der Waals surface area contributed by atoms with E-state index in [-0.39, 0.29) is 62.6 Å². The van der Waals surface area contributed by atoms with Crippen molar-refractivity contribution in [2.75, 3.05) is 45.8 Å². The number of hydrogen-bond acceptors (Lipinski definition) is 11. The third kappa shape index (κ3) is 14.2. The number of anilines is 1. The number of likely N-dealkylation sites (N-methyl/N-ethyl adjacent to an activating group) is 1. The number of carbonyl (C=O) groups is 2. The van der Waals surface area contributed by atoms with E-state index in [1.165, 1.54) is 21.6 Å². The predicted molar refractivity (Wildman–Crippen MR) is 289 cm³/mol. The number of cyclic esters (lactones) is 1. The molecule has 3 aromatic carbocycles. The summed E-state index contributed by atoms with van der Waals surface area (Å²) in [6.07, 6.45) is 1.62. The summed E-state index contributed by atoms with van der Waals surface area (Å²) in [7, 11) is 5.96. The maximum absolute atomic E-state index is 14.6. The van der Waals surface area contributed by atoms with E-state index in [2.05, 4.69) is 104 Å². The molecule has 2 fully saturated rings. The number of aliphatic hydroxyl groups excluding tert-OH is 2. The summed E-state index contributed by atoms with van der Waals surface area (Å²) in [6, 6.07) is 29.9. The van der Waals surface area contributed by atoms with Crippen LogP contribution >= 0.6 is 7.26 Å². The third-order valence-corrected chi connectivity index (χ3v) is 20.2. The molecule has 2 aliphatic heterocycles. The summed E-state index contributed by atoms with van der Waals surface area (Å²) in [5.74, 6) is -2.03. The molecule has 13 heteroatoms. The molecule has 396 valence electrons. The van der Waals surface area contributed by atoms with Gasteiger partial charge in [-0.1, -0.05) is 83.9 Å². The molecule has 13 atom stereocenters. The lowest BCUT2D eigenvalue weighted by Gasteiger charge is -2.46. The summed E-state index contributed by atoms with van der Waals surface area (Å²) in [5, 5.41) is 52.6. The summed E-state index contributed by atoms with van der Waals surface area (Å²) in [4.78, 5) is 34.2. The first kappa shape index (κ1) is 58.4. The Balaban J connectivity index is 1.35. The summed E-state index contributed by atoms with van der Waals surface area (Å²) < 4.78 is 19.0. The molecule has 2 saturated heterocycles. The van der Waals surface area contributed by atoms with Crippen LogP contribution in [0.5, 0.6) is 0 Å². The number of rotatable bonds is 17. The number of unbranched alkanes of at least 4 members (excludes halogenated alkanes) is 4. The minimum atomic E-state index is -2.00. The molecule has 2 heterocycles. The lowest BCUT2D eigenvalue weighted by atomic mass is 9.79. The van der Waals surface area contributed by atoms with Gasteiger partial charge in [0.1, 0.15) is 47.1 Å². The molecule has 0 spiro atoms. The highest BCUT2D eigenvalue weighted by Crippen LogP contribution is 2.56. The molecule has 71 heavy (non-hydrogen) atoms. The fourth-order valence-electron chi connectivity index (χ4n) is 11.7. The van der Waals surface area contributed by atoms with Crippen molar-refractivity contribution >= 4 is 40.7 Å². The van der Waals surface area contributed by atoms with Crippen LogP contribution in [0.3, 0.4) is 0 Å². The molecule has 0 saturated carbocycles. The maximum Gasteiger partial charge on any atom is 0.309 e. The number of amides is 1. The van der Waals surface area contributed by atoms with Crippen molar-refractivity contribution in [1.82, 2.24) is 9.80 Å². The van der Waals surface area contributed by atoms with Gasteiger partial charge in [-0.25, -0.2) is 0 Å². The van der Waals surface area contributed by atoms with Crippen molar-refractivity contribution in [2.24, 2.45) is 17.8 Å². The van der Waals surface area contributed by atoms with Gasteiger partial charge < -0.3 is 49.3 Å². The van der Waals surface area contributed by atoms with Crippen LogP contribution in [0.1, 0.15) is 126 Å². The molecular weight excluding hydrogens is 914 g/mol. The molecule has 0 aromatic heterocycles. The summed E-state index contributed by atoms with van der Waals surface area (Å²) in [6.45, 7) is 14.8. The van der Waals surface area contributed by atoms with Crippen LogP contribution in [0.4, 0.5) is 5.69 Å². The minimum absolute atomic E-state index is 0.0902. The van der Waals surface area contributed by atoms with Gasteiger partial charge >= 0.3 is 5.97 Å². The molecule has 4 N–H and O–H groups in total. The Hall–Kier alpha value is -3.45. The normalized spacial score (nSPS) is 31.6. The van der Waals surface area contributed by atoms with E-state index in [1.54, 1.807) is 32.6 Å². The molecule has 3 aromatic rings. The van der Waals surface area contributed by atoms with Crippen molar-refractivity contribution in [3.05, 3.63) is 84.9 Å². The van der Waals surface area contributed by atoms with Gasteiger partial charge in [0, 0.05) is 38.8 Å². The molecular formula is C58H91N3O9P+. The molecule has 1 unspecified atom stereocenters. The van der Waals surface area contributed by atoms with Crippen LogP contribution in [-0.4, -0.2) is 143 Å². The van der Waals surface area contributed by atoms with E-state index >= 15 is 0 Å². The maximum atomic E-state index is 14.6. The van der Waals surface area contributed by atoms with Crippen molar-refractivity contribution < 1.29 is 44.2 Å². The Labute approximate surface area is 427 Å². The molecule has 2 aliphatic rings. The smallest absolute Gasteiger partial charge is 0.309 e. The number of esters is 1. The highest BCUT2D eigenvalue weighted by molar-refractivity contribution is 7.95. The van der Waals surface area contributed by atoms with Crippen LogP contribution in [0.25, 0.3) is 0 Å². The van der Waals surface area contributed by atoms with E-state index in [1.807, 2.05) is 46.7 Å². The number of hydrogen-bond donors (Lipinski definition) is 4. The predicted octanol–water partition coefficient (Wildman–Crippen LogP) is 7.69. The Bertz CT molecular complexity index is 2040. The second-order valence-electron chi connectivity index (χ2n) is 22.0. The first-order valence-electron chi connectivity index (χ1n) is 26.7. The molecule has 0 aliphatic carbocycles. The van der Waals surface area contributed by atoms with E-state index in [0.717, 1.165) is 31.8 Å². The lowest BCUT2D eigenvalue weighted by Crippen LogP contribution is -2.61. The van der Waals surface area contributed by atoms with E-state index in [0.29, 0.717) is 12.8 Å². The number of benzene rings is 3. The average molecular weight is 1010 g/mol.